The van der Waals surface area contributed by atoms with Crippen molar-refractivity contribution in [2.45, 2.75) is 0 Å². The monoisotopic (exact) mass is 335 g/mol. The molecule has 0 N–H and O–H groups in total. The number of hydrogen-bond donors (Lipinski definition) is 0. The van der Waals surface area contributed by atoms with Crippen LogP contribution in [0.5, 0.6) is 0 Å². The van der Waals surface area contributed by atoms with Gasteiger partial charge in [0.05, 0.1) is 0 Å². The van der Waals surface area contributed by atoms with E-state index in [1.165, 1.54) is 6.09 Å². The van der Waals surface area contributed by atoms with E-state index >= 15 is 0 Å². The molecule has 0 rings (SSSR count). The fourth-order valence-electron chi connectivity index (χ4n) is 0. The van der Waals surface area contributed by atoms with E-state index in [2.05, 4.69) is 0 Å². The van der Waals surface area contributed by atoms with E-state index < -0.39 is 10.0 Å². The Morgan fingerprint density at radius 2 is 1.71 bits per heavy atom. The van der Waals surface area contributed by atoms with Crippen molar-refractivity contribution in [2.24, 2.45) is 0 Å². The van der Waals surface area contributed by atoms with Crippen LogP contribution in [-0.4, -0.2) is 21.6 Å². The van der Waals surface area contributed by atoms with Gasteiger partial charge in [-0.15, -0.1) is 0 Å². The van der Waals surface area contributed by atoms with Gasteiger partial charge in [0.1, 0.15) is 0 Å². The van der Waals surface area contributed by atoms with Crippen molar-refractivity contribution >= 4 is 10.0 Å². The molecule has 0 aliphatic heterocycles. The average Bonchev–Trinajstić information content (AvgIpc) is 1.31. The molecule has 0 saturated carbocycles. The van der Waals surface area contributed by atoms with Crippen LogP contribution in [0.4, 0.5) is 0 Å². The van der Waals surface area contributed by atoms with Crippen LogP contribution in [0.2, 0.25) is 0 Å². The molecule has 0 heterocycles. The quantitative estimate of drug-likeness (QED) is 0.621. The van der Waals surface area contributed by atoms with E-state index in [0.717, 1.165) is 0 Å². The molecule has 0 radical (unpaired) electrons. The average molecular weight is 335 g/mol. The standard InChI is InChI=1S/C2H6NO2S.Ra.H/c1-3-6(2,4)5;;/h1-2H3;;/q-1;+1;. The second-order valence-corrected chi connectivity index (χ2v) is 11.9. The van der Waals surface area contributed by atoms with Crippen LogP contribution < -0.4 is 0 Å². The van der Waals surface area contributed by atoms with Crippen LogP contribution in [-0.2, 0) is 10.0 Å². The van der Waals surface area contributed by atoms with Gasteiger partial charge in [-0.2, -0.15) is 0 Å². The molecule has 5 heteroatoms. The van der Waals surface area contributed by atoms with Crippen LogP contribution in [0.3, 0.4) is 0 Å². The van der Waals surface area contributed by atoms with Gasteiger partial charge in [-0.1, -0.05) is 0 Å². The number of hydrogen-bond acceptors (Lipinski definition) is 2. The minimum atomic E-state index is -2.81. The van der Waals surface area contributed by atoms with Crippen LogP contribution >= 0.6 is 0 Å². The number of sulfonamides is 1. The fraction of sp³-hybridized carbons (Fsp3) is 1.00. The van der Waals surface area contributed by atoms with Crippen molar-refractivity contribution in [2.75, 3.05) is 13.3 Å². The second kappa shape index (κ2) is 2.79. The van der Waals surface area contributed by atoms with E-state index in [0.29, 0.717) is 0 Å². The van der Waals surface area contributed by atoms with E-state index in [1.54, 1.807) is 7.05 Å². The summed E-state index contributed by atoms with van der Waals surface area (Å²) in [5, 5.41) is 0. The summed E-state index contributed by atoms with van der Waals surface area (Å²) < 4.78 is 22.0. The number of rotatable bonds is 1. The molecule has 0 atom stereocenters. The van der Waals surface area contributed by atoms with Gasteiger partial charge in [0, 0.05) is 0 Å². The van der Waals surface area contributed by atoms with E-state index in [9.17, 15) is 8.42 Å². The molecular formula is C2H7NO2RaS. The molecule has 0 fully saturated rings. The topological polar surface area (TPSA) is 37.4 Å². The molecule has 0 unspecified atom stereocenters. The summed E-state index contributed by atoms with van der Waals surface area (Å²) in [4.78, 5) is 0. The van der Waals surface area contributed by atoms with E-state index in [1.807, 2.05) is 0 Å². The zero-order valence-electron chi connectivity index (χ0n) is 4.67. The van der Waals surface area contributed by atoms with Gasteiger partial charge < -0.3 is 0 Å². The van der Waals surface area contributed by atoms with Gasteiger partial charge in [-0.25, -0.2) is 0 Å². The Kier molecular flexibility index (Phi) is 3.33. The van der Waals surface area contributed by atoms with Gasteiger partial charge in [0.25, 0.3) is 0 Å². The Morgan fingerprint density at radius 3 is 1.71 bits per heavy atom. The molecule has 0 spiro atoms. The molecule has 7 heavy (non-hydrogen) atoms. The van der Waals surface area contributed by atoms with Crippen molar-refractivity contribution in [3.8, 4) is 0 Å². The second-order valence-electron chi connectivity index (χ2n) is 1.55. The molecule has 40 valence electrons. The zero-order chi connectivity index (χ0) is 6.08. The Morgan fingerprint density at radius 1 is 1.57 bits per heavy atom. The van der Waals surface area contributed by atoms with Gasteiger partial charge in [0.2, 0.25) is 0 Å². The van der Waals surface area contributed by atoms with Crippen molar-refractivity contribution in [1.82, 2.24) is -0.163 Å². The third-order valence-electron chi connectivity index (χ3n) is 0.663. The first-order valence-electron chi connectivity index (χ1n) is 1.82. The molecule has 0 aliphatic carbocycles. The SMILES string of the molecule is C[N]([RaH])S(C)(=O)=O. The van der Waals surface area contributed by atoms with Gasteiger partial charge in [-0.05, 0) is 0 Å². The van der Waals surface area contributed by atoms with Crippen LogP contribution in [0.25, 0.3) is 0 Å². The molecule has 0 amide bonds. The Balaban J connectivity index is 4.10. The Labute approximate surface area is 73.7 Å². The van der Waals surface area contributed by atoms with Crippen molar-refractivity contribution < 1.29 is 51.6 Å². The summed E-state index contributed by atoms with van der Waals surface area (Å²) in [5.41, 5.74) is 0. The third-order valence-corrected chi connectivity index (χ3v) is 10.2. The molecule has 3 nitrogen and oxygen atoms in total. The van der Waals surface area contributed by atoms with Gasteiger partial charge in [0.15, 0.2) is 0 Å². The van der Waals surface area contributed by atoms with E-state index in [-0.39, 0.29) is 43.2 Å². The maximum atomic E-state index is 10.3. The third kappa shape index (κ3) is 3.92. The predicted molar refractivity (Wildman–Crippen MR) is 24.0 cm³/mol. The first kappa shape index (κ1) is 8.38. The predicted octanol–water partition coefficient (Wildman–Crippen LogP) is -0.926. The normalized spacial score (nSPS) is 12.3. The summed E-state index contributed by atoms with van der Waals surface area (Å²) in [6.07, 6.45) is 1.22. The molecule has 0 saturated heterocycles. The van der Waals surface area contributed by atoms with Crippen LogP contribution in [0, 0.1) is 43.2 Å². The summed E-state index contributed by atoms with van der Waals surface area (Å²) >= 11 is -0.0289. The van der Waals surface area contributed by atoms with Crippen molar-refractivity contribution in [3.05, 3.63) is 0 Å². The summed E-state index contributed by atoms with van der Waals surface area (Å²) in [6, 6.07) is 0. The molecule has 0 aliphatic rings. The summed E-state index contributed by atoms with van der Waals surface area (Å²) in [6.45, 7) is 0. The Bertz CT molecular complexity index is 138. The Hall–Kier alpha value is 1.38. The fourth-order valence-corrected chi connectivity index (χ4v) is 0. The van der Waals surface area contributed by atoms with Crippen molar-refractivity contribution in [1.29, 1.82) is 0 Å². The molecule has 0 bridgehead atoms. The first-order valence-corrected chi connectivity index (χ1v) is 7.34. The zero-order valence-corrected chi connectivity index (χ0v) is 13.7. The van der Waals surface area contributed by atoms with Crippen LogP contribution in [0.1, 0.15) is 0 Å². The number of nitrogens with zero attached hydrogens (tertiary/aromatic N) is 1. The molecule has 0 aromatic carbocycles. The first-order chi connectivity index (χ1) is 2.94. The summed E-state index contributed by atoms with van der Waals surface area (Å²) in [5.74, 6) is 0. The van der Waals surface area contributed by atoms with Gasteiger partial charge >= 0.3 is 74.8 Å². The maximum absolute atomic E-state index is 10.3. The van der Waals surface area contributed by atoms with E-state index in [4.69, 9.17) is 0 Å². The molecular weight excluding hydrogens is 328 g/mol. The minimum absolute atomic E-state index is 0.0289. The van der Waals surface area contributed by atoms with Crippen LogP contribution in [0.15, 0.2) is 0 Å². The van der Waals surface area contributed by atoms with Crippen molar-refractivity contribution in [3.63, 3.8) is 0 Å². The molecule has 0 aromatic heterocycles. The van der Waals surface area contributed by atoms with Gasteiger partial charge in [-0.3, -0.25) is 0 Å². The summed E-state index contributed by atoms with van der Waals surface area (Å²) in [7, 11) is -1.21. The molecule has 0 aromatic rings.